The average Bonchev–Trinajstić information content (AvgIpc) is 2.07. The third-order valence-corrected chi connectivity index (χ3v) is 2.48. The number of aliphatic hydroxyl groups is 1. The third-order valence-electron chi connectivity index (χ3n) is 1.74. The molecule has 0 aliphatic heterocycles. The Morgan fingerprint density at radius 1 is 1.29 bits per heavy atom. The molecule has 0 spiro atoms. The van der Waals surface area contributed by atoms with Gasteiger partial charge < -0.3 is 5.11 Å². The molecule has 76 valence electrons. The highest BCUT2D eigenvalue weighted by molar-refractivity contribution is 6.42. The fourth-order valence-corrected chi connectivity index (χ4v) is 1.29. The summed E-state index contributed by atoms with van der Waals surface area (Å²) in [6.45, 7) is 2.86. The van der Waals surface area contributed by atoms with E-state index >= 15 is 0 Å². The average molecular weight is 233 g/mol. The Morgan fingerprint density at radius 3 is 2.29 bits per heavy atom. The van der Waals surface area contributed by atoms with Crippen LogP contribution >= 0.6 is 23.2 Å². The van der Waals surface area contributed by atoms with Gasteiger partial charge in [-0.2, -0.15) is 0 Å². The molecule has 0 aromatic heterocycles. The van der Waals surface area contributed by atoms with Crippen LogP contribution < -0.4 is 0 Å². The topological polar surface area (TPSA) is 37.3 Å². The van der Waals surface area contributed by atoms with Gasteiger partial charge in [-0.1, -0.05) is 23.2 Å². The quantitative estimate of drug-likeness (QED) is 0.797. The molecule has 0 aliphatic rings. The largest absolute Gasteiger partial charge is 0.382 e. The number of carbonyl (C=O) groups is 1. The van der Waals surface area contributed by atoms with Gasteiger partial charge in [-0.3, -0.25) is 4.79 Å². The summed E-state index contributed by atoms with van der Waals surface area (Å²) in [6.07, 6.45) is 0. The summed E-state index contributed by atoms with van der Waals surface area (Å²) < 4.78 is 0. The minimum atomic E-state index is -1.39. The second-order valence-corrected chi connectivity index (χ2v) is 4.33. The van der Waals surface area contributed by atoms with Crippen molar-refractivity contribution in [1.29, 1.82) is 0 Å². The number of rotatable bonds is 2. The monoisotopic (exact) mass is 232 g/mol. The van der Waals surface area contributed by atoms with Gasteiger partial charge in [0.1, 0.15) is 5.60 Å². The molecule has 0 amide bonds. The number of hydrogen-bond donors (Lipinski definition) is 1. The zero-order chi connectivity index (χ0) is 10.9. The highest BCUT2D eigenvalue weighted by Crippen LogP contribution is 2.24. The van der Waals surface area contributed by atoms with Crippen LogP contribution in [0.2, 0.25) is 10.0 Å². The fraction of sp³-hybridized carbons (Fsp3) is 0.300. The summed E-state index contributed by atoms with van der Waals surface area (Å²) in [7, 11) is 0. The van der Waals surface area contributed by atoms with Crippen LogP contribution in [0.4, 0.5) is 0 Å². The summed E-state index contributed by atoms with van der Waals surface area (Å²) in [5, 5.41) is 10.2. The number of hydrogen-bond acceptors (Lipinski definition) is 2. The van der Waals surface area contributed by atoms with Crippen LogP contribution in [0.1, 0.15) is 24.2 Å². The van der Waals surface area contributed by atoms with Crippen LogP contribution in [0.3, 0.4) is 0 Å². The van der Waals surface area contributed by atoms with E-state index in [1.165, 1.54) is 32.0 Å². The first-order valence-electron chi connectivity index (χ1n) is 4.04. The van der Waals surface area contributed by atoms with Crippen LogP contribution in [-0.4, -0.2) is 16.5 Å². The van der Waals surface area contributed by atoms with Crippen molar-refractivity contribution >= 4 is 29.0 Å². The smallest absolute Gasteiger partial charge is 0.193 e. The highest BCUT2D eigenvalue weighted by atomic mass is 35.5. The molecule has 0 atom stereocenters. The lowest BCUT2D eigenvalue weighted by Crippen LogP contribution is -2.31. The van der Waals surface area contributed by atoms with Gasteiger partial charge in [0.25, 0.3) is 0 Å². The molecule has 1 aromatic carbocycles. The Bertz CT molecular complexity index is 367. The molecule has 14 heavy (non-hydrogen) atoms. The van der Waals surface area contributed by atoms with Crippen LogP contribution in [0.5, 0.6) is 0 Å². The van der Waals surface area contributed by atoms with Gasteiger partial charge >= 0.3 is 0 Å². The van der Waals surface area contributed by atoms with E-state index in [0.29, 0.717) is 15.6 Å². The summed E-state index contributed by atoms with van der Waals surface area (Å²) in [5.41, 5.74) is -1.04. The van der Waals surface area contributed by atoms with Crippen LogP contribution in [0.15, 0.2) is 18.2 Å². The maximum absolute atomic E-state index is 11.6. The number of Topliss-reactive ketones (excluding diaryl/α,β-unsaturated/α-hetero) is 1. The standard InChI is InChI=1S/C10H10Cl2O2/c1-10(2,14)9(13)6-3-4-7(11)8(12)5-6/h3-5,14H,1-2H3. The molecule has 0 saturated heterocycles. The van der Waals surface area contributed by atoms with E-state index in [9.17, 15) is 9.90 Å². The molecule has 0 radical (unpaired) electrons. The lowest BCUT2D eigenvalue weighted by Gasteiger charge is -2.15. The summed E-state index contributed by atoms with van der Waals surface area (Å²) in [6, 6.07) is 4.52. The van der Waals surface area contributed by atoms with E-state index < -0.39 is 5.60 Å². The third kappa shape index (κ3) is 2.47. The van der Waals surface area contributed by atoms with E-state index in [0.717, 1.165) is 0 Å². The molecule has 0 saturated carbocycles. The molecule has 0 heterocycles. The Morgan fingerprint density at radius 2 is 1.86 bits per heavy atom. The van der Waals surface area contributed by atoms with Crippen molar-refractivity contribution in [3.8, 4) is 0 Å². The van der Waals surface area contributed by atoms with Gasteiger partial charge in [-0.15, -0.1) is 0 Å². The van der Waals surface area contributed by atoms with Crippen molar-refractivity contribution < 1.29 is 9.90 Å². The molecule has 4 heteroatoms. The summed E-state index contributed by atoms with van der Waals surface area (Å²) in [4.78, 5) is 11.6. The number of halogens is 2. The van der Waals surface area contributed by atoms with Crippen LogP contribution in [-0.2, 0) is 0 Å². The molecular formula is C10H10Cl2O2. The fourth-order valence-electron chi connectivity index (χ4n) is 0.991. The second-order valence-electron chi connectivity index (χ2n) is 3.52. The SMILES string of the molecule is CC(C)(O)C(=O)c1ccc(Cl)c(Cl)c1. The Kier molecular flexibility index (Phi) is 3.20. The highest BCUT2D eigenvalue weighted by Gasteiger charge is 2.25. The van der Waals surface area contributed by atoms with Crippen molar-refractivity contribution in [3.05, 3.63) is 33.8 Å². The molecule has 1 rings (SSSR count). The Labute approximate surface area is 92.5 Å². The van der Waals surface area contributed by atoms with E-state index in [1.54, 1.807) is 0 Å². The van der Waals surface area contributed by atoms with Crippen molar-refractivity contribution in [2.75, 3.05) is 0 Å². The van der Waals surface area contributed by atoms with Crippen LogP contribution in [0, 0.1) is 0 Å². The zero-order valence-corrected chi connectivity index (χ0v) is 9.36. The number of benzene rings is 1. The molecule has 1 N–H and O–H groups in total. The first kappa shape index (κ1) is 11.5. The molecule has 0 aliphatic carbocycles. The van der Waals surface area contributed by atoms with Crippen molar-refractivity contribution in [3.63, 3.8) is 0 Å². The predicted octanol–water partition coefficient (Wildman–Crippen LogP) is 2.95. The van der Waals surface area contributed by atoms with Gasteiger partial charge in [-0.05, 0) is 32.0 Å². The molecular weight excluding hydrogens is 223 g/mol. The van der Waals surface area contributed by atoms with E-state index in [4.69, 9.17) is 23.2 Å². The minimum Gasteiger partial charge on any atom is -0.382 e. The van der Waals surface area contributed by atoms with E-state index in [-0.39, 0.29) is 5.78 Å². The summed E-state index contributed by atoms with van der Waals surface area (Å²) in [5.74, 6) is -0.379. The Hall–Kier alpha value is -0.570. The lowest BCUT2D eigenvalue weighted by atomic mass is 9.97. The lowest BCUT2D eigenvalue weighted by molar-refractivity contribution is 0.0488. The molecule has 0 bridgehead atoms. The molecule has 1 aromatic rings. The van der Waals surface area contributed by atoms with Crippen molar-refractivity contribution in [2.24, 2.45) is 0 Å². The number of ketones is 1. The van der Waals surface area contributed by atoms with Crippen molar-refractivity contribution in [1.82, 2.24) is 0 Å². The van der Waals surface area contributed by atoms with Gasteiger partial charge in [0.2, 0.25) is 0 Å². The Balaban J connectivity index is 3.10. The van der Waals surface area contributed by atoms with Crippen molar-refractivity contribution in [2.45, 2.75) is 19.4 Å². The van der Waals surface area contributed by atoms with Gasteiger partial charge in [0.15, 0.2) is 5.78 Å². The maximum atomic E-state index is 11.6. The minimum absolute atomic E-state index is 0.307. The van der Waals surface area contributed by atoms with E-state index in [2.05, 4.69) is 0 Å². The maximum Gasteiger partial charge on any atom is 0.193 e. The van der Waals surface area contributed by atoms with Gasteiger partial charge in [-0.25, -0.2) is 0 Å². The predicted molar refractivity (Wildman–Crippen MR) is 57.1 cm³/mol. The number of carbonyl (C=O) groups excluding carboxylic acids is 1. The summed E-state index contributed by atoms with van der Waals surface area (Å²) >= 11 is 11.4. The normalized spacial score (nSPS) is 11.5. The van der Waals surface area contributed by atoms with Crippen LogP contribution in [0.25, 0.3) is 0 Å². The van der Waals surface area contributed by atoms with Gasteiger partial charge in [0.05, 0.1) is 10.0 Å². The van der Waals surface area contributed by atoms with E-state index in [1.807, 2.05) is 0 Å². The van der Waals surface area contributed by atoms with Gasteiger partial charge in [0, 0.05) is 5.56 Å². The first-order chi connectivity index (χ1) is 6.32. The zero-order valence-electron chi connectivity index (χ0n) is 7.84. The second kappa shape index (κ2) is 3.89. The molecule has 0 unspecified atom stereocenters. The molecule has 0 fully saturated rings. The molecule has 2 nitrogen and oxygen atoms in total. The first-order valence-corrected chi connectivity index (χ1v) is 4.80.